The van der Waals surface area contributed by atoms with Crippen molar-refractivity contribution >= 4 is 65.9 Å². The van der Waals surface area contributed by atoms with Gasteiger partial charge in [-0.2, -0.15) is 0 Å². The molecular formula is H2AsKO5Ti-3. The van der Waals surface area contributed by atoms with Crippen LogP contribution in [0, 0.1) is 0 Å². The molecule has 0 aliphatic carbocycles. The topological polar surface area (TPSA) is 118 Å². The van der Waals surface area contributed by atoms with E-state index in [4.69, 9.17) is 16.0 Å². The normalized spacial score (nSPS) is 7.38. The molecule has 8 heavy (non-hydrogen) atoms. The summed E-state index contributed by atoms with van der Waals surface area (Å²) in [6.45, 7) is 0. The Kier molecular flexibility index (Phi) is 26.8. The predicted octanol–water partition coefficient (Wildman–Crippen LogP) is -5.27. The summed E-state index contributed by atoms with van der Waals surface area (Å²) in [4.78, 5) is 0. The van der Waals surface area contributed by atoms with Gasteiger partial charge in [-0.3, -0.25) is 0 Å². The maximum absolute atomic E-state index is 8.61. The molecule has 0 fully saturated rings. The molecule has 0 atom stereocenters. The molecule has 0 aromatic carbocycles. The standard InChI is InChI=1S/AsH3O4.K.H2O.Ti/c2-1(3,4)5;;;/h(H3,2,3,4,5);;1H2;/p-3. The van der Waals surface area contributed by atoms with Crippen molar-refractivity contribution < 1.29 is 43.2 Å². The van der Waals surface area contributed by atoms with E-state index in [0.29, 0.717) is 0 Å². The fourth-order valence-electron chi connectivity index (χ4n) is 0. The van der Waals surface area contributed by atoms with Gasteiger partial charge in [0.05, 0.1) is 0 Å². The third-order valence-corrected chi connectivity index (χ3v) is 0. The van der Waals surface area contributed by atoms with Crippen LogP contribution in [-0.4, -0.2) is 71.4 Å². The van der Waals surface area contributed by atoms with Crippen LogP contribution in [0.5, 0.6) is 0 Å². The first-order chi connectivity index (χ1) is 2.00. The van der Waals surface area contributed by atoms with Gasteiger partial charge < -0.3 is 5.48 Å². The van der Waals surface area contributed by atoms with Gasteiger partial charge in [0, 0.05) is 73.1 Å². The van der Waals surface area contributed by atoms with Crippen molar-refractivity contribution in [1.82, 2.24) is 0 Å². The molecule has 0 aromatic rings. The largest absolute Gasteiger partial charge is 0 e. The van der Waals surface area contributed by atoms with Gasteiger partial charge in [-0.05, 0) is 0 Å². The van der Waals surface area contributed by atoms with Crippen molar-refractivity contribution in [3.8, 4) is 0 Å². The molecule has 0 spiro atoms. The van der Waals surface area contributed by atoms with E-state index in [1.54, 1.807) is 0 Å². The summed E-state index contributed by atoms with van der Waals surface area (Å²) in [5.74, 6) is 0. The zero-order valence-electron chi connectivity index (χ0n) is 4.08. The first-order valence-electron chi connectivity index (χ1n) is 0.730. The van der Waals surface area contributed by atoms with E-state index in [9.17, 15) is 0 Å². The Morgan fingerprint density at radius 3 is 1.12 bits per heavy atom. The van der Waals surface area contributed by atoms with Gasteiger partial charge in [-0.15, -0.1) is 0 Å². The minimum atomic E-state index is -5.88. The Hall–Kier alpha value is 2.55. The Balaban J connectivity index is -0.0000000267. The second-order valence-electron chi connectivity index (χ2n) is 0.447. The molecule has 0 aromatic heterocycles. The Morgan fingerprint density at radius 1 is 1.12 bits per heavy atom. The Bertz CT molecular complexity index is 58.6. The monoisotopic (exact) mass is 244 g/mol. The molecule has 0 aliphatic rings. The van der Waals surface area contributed by atoms with Crippen LogP contribution in [0.15, 0.2) is 0 Å². The molecule has 0 saturated heterocycles. The van der Waals surface area contributed by atoms with E-state index in [0.717, 1.165) is 0 Å². The van der Waals surface area contributed by atoms with Crippen LogP contribution >= 0.6 is 0 Å². The van der Waals surface area contributed by atoms with E-state index in [-0.39, 0.29) is 78.6 Å². The minimum absolute atomic E-state index is 0. The van der Waals surface area contributed by atoms with E-state index < -0.39 is 14.5 Å². The summed E-state index contributed by atoms with van der Waals surface area (Å²) < 4.78 is 34.4. The fraction of sp³-hybridized carbons (Fsp3) is 0. The van der Waals surface area contributed by atoms with Gasteiger partial charge in [0.15, 0.2) is 0 Å². The van der Waals surface area contributed by atoms with Gasteiger partial charge in [0.25, 0.3) is 0 Å². The van der Waals surface area contributed by atoms with Crippen molar-refractivity contribution in [2.45, 2.75) is 0 Å². The maximum atomic E-state index is 8.61. The van der Waals surface area contributed by atoms with E-state index in [2.05, 4.69) is 0 Å². The van der Waals surface area contributed by atoms with Crippen LogP contribution in [0.4, 0.5) is 0 Å². The second kappa shape index (κ2) is 9.55. The summed E-state index contributed by atoms with van der Waals surface area (Å²) in [6, 6.07) is 0. The Labute approximate surface area is 107 Å². The molecule has 0 amide bonds. The molecule has 0 unspecified atom stereocenters. The number of hydrogen-bond acceptors (Lipinski definition) is 4. The average molecular weight is 244 g/mol. The van der Waals surface area contributed by atoms with Crippen molar-refractivity contribution in [1.29, 1.82) is 0 Å². The summed E-state index contributed by atoms with van der Waals surface area (Å²) in [5, 5.41) is 0. The second-order valence-corrected chi connectivity index (χ2v) is 2.32. The van der Waals surface area contributed by atoms with E-state index in [1.165, 1.54) is 0 Å². The molecule has 0 heterocycles. The summed E-state index contributed by atoms with van der Waals surface area (Å²) in [5.41, 5.74) is 0. The number of hydrogen-bond donors (Lipinski definition) is 0. The van der Waals surface area contributed by atoms with Gasteiger partial charge in [0.1, 0.15) is 0 Å². The van der Waals surface area contributed by atoms with Crippen molar-refractivity contribution in [3.05, 3.63) is 0 Å². The van der Waals surface area contributed by atoms with E-state index >= 15 is 0 Å². The third-order valence-electron chi connectivity index (χ3n) is 0. The van der Waals surface area contributed by atoms with Crippen molar-refractivity contribution in [3.63, 3.8) is 0 Å². The first-order valence-corrected chi connectivity index (χ1v) is 3.79. The first kappa shape index (κ1) is 22.4. The molecule has 1 radical (unpaired) electrons. The van der Waals surface area contributed by atoms with Crippen LogP contribution in [-0.2, 0) is 25.5 Å². The third kappa shape index (κ3) is 75.0. The van der Waals surface area contributed by atoms with E-state index in [1.807, 2.05) is 0 Å². The smallest absolute Gasteiger partial charge is 0 e. The molecule has 2 N–H and O–H groups in total. The predicted molar refractivity (Wildman–Crippen MR) is 15.8 cm³/mol. The summed E-state index contributed by atoms with van der Waals surface area (Å²) in [6.07, 6.45) is 0. The molecule has 0 rings (SSSR count). The SMILES string of the molecule is O.O=[As]([O-])([O-])[O-].[K].[Ti]. The molecule has 45 valence electrons. The van der Waals surface area contributed by atoms with Crippen LogP contribution in [0.25, 0.3) is 0 Å². The minimum Gasteiger partial charge on any atom is 0 e. The summed E-state index contributed by atoms with van der Waals surface area (Å²) >= 11 is -5.88. The molecule has 8 heteroatoms. The van der Waals surface area contributed by atoms with Crippen LogP contribution < -0.4 is 12.3 Å². The molecule has 0 bridgehead atoms. The molecular weight excluding hydrogens is 242 g/mol. The van der Waals surface area contributed by atoms with Crippen LogP contribution in [0.3, 0.4) is 0 Å². The zero-order chi connectivity index (χ0) is 4.50. The molecule has 0 aliphatic heterocycles. The summed E-state index contributed by atoms with van der Waals surface area (Å²) in [7, 11) is 0. The fourth-order valence-corrected chi connectivity index (χ4v) is 0. The van der Waals surface area contributed by atoms with Gasteiger partial charge in [-0.1, -0.05) is 0 Å². The van der Waals surface area contributed by atoms with Crippen LogP contribution in [0.1, 0.15) is 0 Å². The van der Waals surface area contributed by atoms with Crippen LogP contribution in [0.2, 0.25) is 0 Å². The average Bonchev–Trinajstić information content (AvgIpc) is 0.722. The number of rotatable bonds is 0. The zero-order valence-corrected chi connectivity index (χ0v) is 10.6. The van der Waals surface area contributed by atoms with Crippen molar-refractivity contribution in [2.75, 3.05) is 0 Å². The van der Waals surface area contributed by atoms with Crippen molar-refractivity contribution in [2.24, 2.45) is 0 Å². The van der Waals surface area contributed by atoms with Gasteiger partial charge in [-0.25, -0.2) is 0 Å². The van der Waals surface area contributed by atoms with Gasteiger partial charge >= 0.3 is 30.5 Å². The maximum Gasteiger partial charge on any atom is 0 e. The molecule has 5 nitrogen and oxygen atoms in total. The Morgan fingerprint density at radius 2 is 1.12 bits per heavy atom. The quantitative estimate of drug-likeness (QED) is 0.395. The van der Waals surface area contributed by atoms with Gasteiger partial charge in [0.2, 0.25) is 0 Å². The molecule has 0 saturated carbocycles.